The summed E-state index contributed by atoms with van der Waals surface area (Å²) in [5, 5.41) is 15.1. The number of hydrogen-bond donors (Lipinski definition) is 3. The molecule has 0 aliphatic carbocycles. The molecule has 2 atom stereocenters. The second-order valence-corrected chi connectivity index (χ2v) is 8.10. The first-order valence-electron chi connectivity index (χ1n) is 10.7. The number of nitrogens with zero attached hydrogens (tertiary/aromatic N) is 3. The van der Waals surface area contributed by atoms with E-state index in [1.807, 2.05) is 17.8 Å². The van der Waals surface area contributed by atoms with Gasteiger partial charge >= 0.3 is 0 Å². The zero-order chi connectivity index (χ0) is 21.4. The van der Waals surface area contributed by atoms with Gasteiger partial charge in [-0.1, -0.05) is 32.0 Å². The van der Waals surface area contributed by atoms with E-state index in [0.29, 0.717) is 12.5 Å². The van der Waals surface area contributed by atoms with Crippen molar-refractivity contribution < 1.29 is 0 Å². The van der Waals surface area contributed by atoms with E-state index in [2.05, 4.69) is 86.9 Å². The summed E-state index contributed by atoms with van der Waals surface area (Å²) in [6, 6.07) is 10.9. The largest absolute Gasteiger partial charge is 0.380 e. The van der Waals surface area contributed by atoms with Gasteiger partial charge in [0.1, 0.15) is 0 Å². The fourth-order valence-electron chi connectivity index (χ4n) is 3.38. The molecule has 0 bridgehead atoms. The number of benzene rings is 1. The first-order valence-corrected chi connectivity index (χ1v) is 10.7. The molecule has 1 heterocycles. The first kappa shape index (κ1) is 22.8. The molecule has 0 aliphatic heterocycles. The Kier molecular flexibility index (Phi) is 8.55. The Morgan fingerprint density at radius 1 is 1.14 bits per heavy atom. The molecule has 0 amide bonds. The number of nitrogens with one attached hydrogen (secondary N) is 3. The zero-order valence-corrected chi connectivity index (χ0v) is 19.1. The van der Waals surface area contributed by atoms with Gasteiger partial charge < -0.3 is 16.0 Å². The molecule has 0 radical (unpaired) electrons. The standard InChI is InChI=1S/C23H38N6/c1-8-24-23(26-17(4)14-21-18(5)28-29(7)19(21)6)25-15-22(16(2)3)27-20-12-10-9-11-13-20/h9-13,16-17,22,27H,8,14-15H2,1-7H3,(H2,24,25,26). The minimum atomic E-state index is 0.258. The summed E-state index contributed by atoms with van der Waals surface area (Å²) in [6.07, 6.45) is 0.922. The van der Waals surface area contributed by atoms with Gasteiger partial charge in [-0.3, -0.25) is 9.67 Å². The lowest BCUT2D eigenvalue weighted by Gasteiger charge is -2.23. The van der Waals surface area contributed by atoms with Crippen LogP contribution in [0.1, 0.15) is 44.6 Å². The summed E-state index contributed by atoms with van der Waals surface area (Å²) >= 11 is 0. The fraction of sp³-hybridized carbons (Fsp3) is 0.565. The Labute approximate surface area is 176 Å². The molecule has 2 rings (SSSR count). The number of aromatic nitrogens is 2. The van der Waals surface area contributed by atoms with Crippen LogP contribution in [0, 0.1) is 19.8 Å². The molecule has 0 saturated heterocycles. The van der Waals surface area contributed by atoms with Crippen LogP contribution in [0.15, 0.2) is 35.3 Å². The quantitative estimate of drug-likeness (QED) is 0.445. The molecule has 29 heavy (non-hydrogen) atoms. The van der Waals surface area contributed by atoms with E-state index in [-0.39, 0.29) is 12.1 Å². The summed E-state index contributed by atoms with van der Waals surface area (Å²) in [7, 11) is 2.00. The number of guanidine groups is 1. The Morgan fingerprint density at radius 2 is 1.83 bits per heavy atom. The highest BCUT2D eigenvalue weighted by molar-refractivity contribution is 5.80. The highest BCUT2D eigenvalue weighted by atomic mass is 15.3. The van der Waals surface area contributed by atoms with Gasteiger partial charge in [0.25, 0.3) is 0 Å². The lowest BCUT2D eigenvalue weighted by Crippen LogP contribution is -2.44. The molecule has 1 aromatic heterocycles. The van der Waals surface area contributed by atoms with Crippen molar-refractivity contribution in [3.8, 4) is 0 Å². The molecular formula is C23H38N6. The van der Waals surface area contributed by atoms with Crippen LogP contribution >= 0.6 is 0 Å². The van der Waals surface area contributed by atoms with Gasteiger partial charge in [-0.05, 0) is 57.7 Å². The molecule has 160 valence electrons. The van der Waals surface area contributed by atoms with E-state index >= 15 is 0 Å². The van der Waals surface area contributed by atoms with Crippen molar-refractivity contribution in [2.24, 2.45) is 18.0 Å². The van der Waals surface area contributed by atoms with Gasteiger partial charge in [0, 0.05) is 37.1 Å². The highest BCUT2D eigenvalue weighted by Crippen LogP contribution is 2.15. The van der Waals surface area contributed by atoms with E-state index in [9.17, 15) is 0 Å². The minimum absolute atomic E-state index is 0.258. The predicted molar refractivity (Wildman–Crippen MR) is 124 cm³/mol. The van der Waals surface area contributed by atoms with Gasteiger partial charge in [0.05, 0.1) is 12.2 Å². The Hall–Kier alpha value is -2.50. The Morgan fingerprint density at radius 3 is 2.38 bits per heavy atom. The van der Waals surface area contributed by atoms with Crippen LogP contribution in [0.5, 0.6) is 0 Å². The van der Waals surface area contributed by atoms with Crippen LogP contribution in [0.3, 0.4) is 0 Å². The van der Waals surface area contributed by atoms with E-state index in [4.69, 9.17) is 4.99 Å². The van der Waals surface area contributed by atoms with E-state index in [0.717, 1.165) is 30.3 Å². The maximum absolute atomic E-state index is 4.87. The van der Waals surface area contributed by atoms with Crippen molar-refractivity contribution >= 4 is 11.6 Å². The zero-order valence-electron chi connectivity index (χ0n) is 19.1. The van der Waals surface area contributed by atoms with Crippen molar-refractivity contribution in [3.63, 3.8) is 0 Å². The number of aliphatic imine (C=N–C) groups is 1. The Bertz CT molecular complexity index is 778. The molecule has 0 aliphatic rings. The third-order valence-electron chi connectivity index (χ3n) is 5.27. The summed E-state index contributed by atoms with van der Waals surface area (Å²) in [4.78, 5) is 4.87. The Balaban J connectivity index is 2.03. The number of para-hydroxylation sites is 1. The molecule has 0 spiro atoms. The normalized spacial score (nSPS) is 14.0. The molecule has 0 saturated carbocycles. The van der Waals surface area contributed by atoms with Gasteiger partial charge in [-0.15, -0.1) is 0 Å². The molecule has 1 aromatic carbocycles. The molecule has 0 fully saturated rings. The van der Waals surface area contributed by atoms with Crippen LogP contribution in [-0.2, 0) is 13.5 Å². The molecular weight excluding hydrogens is 360 g/mol. The van der Waals surface area contributed by atoms with Gasteiger partial charge in [-0.25, -0.2) is 0 Å². The lowest BCUT2D eigenvalue weighted by atomic mass is 10.0. The first-order chi connectivity index (χ1) is 13.8. The molecule has 6 heteroatoms. The van der Waals surface area contributed by atoms with Crippen molar-refractivity contribution in [1.29, 1.82) is 0 Å². The molecule has 3 N–H and O–H groups in total. The number of hydrogen-bond acceptors (Lipinski definition) is 3. The third kappa shape index (κ3) is 6.80. The number of anilines is 1. The molecule has 2 aromatic rings. The average molecular weight is 399 g/mol. The maximum Gasteiger partial charge on any atom is 0.191 e. The van der Waals surface area contributed by atoms with Gasteiger partial charge in [0.15, 0.2) is 5.96 Å². The summed E-state index contributed by atoms with van der Waals surface area (Å²) in [5.74, 6) is 1.33. The van der Waals surface area contributed by atoms with Gasteiger partial charge in [-0.2, -0.15) is 5.10 Å². The van der Waals surface area contributed by atoms with Crippen LogP contribution in [-0.4, -0.2) is 40.9 Å². The molecule has 6 nitrogen and oxygen atoms in total. The summed E-state index contributed by atoms with van der Waals surface area (Å²) in [5.41, 5.74) is 4.78. The predicted octanol–water partition coefficient (Wildman–Crippen LogP) is 3.66. The second kappa shape index (κ2) is 10.9. The van der Waals surface area contributed by atoms with Crippen LogP contribution < -0.4 is 16.0 Å². The van der Waals surface area contributed by atoms with Crippen molar-refractivity contribution in [1.82, 2.24) is 20.4 Å². The smallest absolute Gasteiger partial charge is 0.191 e. The van der Waals surface area contributed by atoms with Crippen LogP contribution in [0.25, 0.3) is 0 Å². The SMILES string of the molecule is CCNC(=NCC(Nc1ccccc1)C(C)C)NC(C)Cc1c(C)nn(C)c1C. The lowest BCUT2D eigenvalue weighted by molar-refractivity contribution is 0.529. The number of aryl methyl sites for hydroxylation is 2. The van der Waals surface area contributed by atoms with Crippen molar-refractivity contribution in [2.45, 2.75) is 60.0 Å². The van der Waals surface area contributed by atoms with Crippen LogP contribution in [0.4, 0.5) is 5.69 Å². The summed E-state index contributed by atoms with van der Waals surface area (Å²) in [6.45, 7) is 14.5. The number of rotatable bonds is 9. The minimum Gasteiger partial charge on any atom is -0.380 e. The van der Waals surface area contributed by atoms with Crippen molar-refractivity contribution in [2.75, 3.05) is 18.4 Å². The van der Waals surface area contributed by atoms with Gasteiger partial charge in [0.2, 0.25) is 0 Å². The second-order valence-electron chi connectivity index (χ2n) is 8.10. The van der Waals surface area contributed by atoms with Crippen molar-refractivity contribution in [3.05, 3.63) is 47.3 Å². The maximum atomic E-state index is 4.87. The average Bonchev–Trinajstić information content (AvgIpc) is 2.91. The topological polar surface area (TPSA) is 66.3 Å². The fourth-order valence-corrected chi connectivity index (χ4v) is 3.38. The molecule has 2 unspecified atom stereocenters. The summed E-state index contributed by atoms with van der Waals surface area (Å²) < 4.78 is 1.96. The third-order valence-corrected chi connectivity index (χ3v) is 5.27. The van der Waals surface area contributed by atoms with Crippen LogP contribution in [0.2, 0.25) is 0 Å². The highest BCUT2D eigenvalue weighted by Gasteiger charge is 2.16. The van der Waals surface area contributed by atoms with E-state index in [1.54, 1.807) is 0 Å². The van der Waals surface area contributed by atoms with E-state index < -0.39 is 0 Å². The van der Waals surface area contributed by atoms with E-state index in [1.165, 1.54) is 11.3 Å². The monoisotopic (exact) mass is 398 g/mol.